The van der Waals surface area contributed by atoms with E-state index >= 15 is 0 Å². The summed E-state index contributed by atoms with van der Waals surface area (Å²) >= 11 is 0. The maximum absolute atomic E-state index is 13.3. The lowest BCUT2D eigenvalue weighted by Crippen LogP contribution is -1.94. The van der Waals surface area contributed by atoms with Crippen molar-refractivity contribution in [3.05, 3.63) is 95.1 Å². The van der Waals surface area contributed by atoms with Crippen molar-refractivity contribution < 1.29 is 8.78 Å². The number of rotatable bonds is 8. The maximum atomic E-state index is 13.3. The van der Waals surface area contributed by atoms with E-state index in [0.29, 0.717) is 12.0 Å². The van der Waals surface area contributed by atoms with Crippen LogP contribution in [-0.4, -0.2) is 0 Å². The van der Waals surface area contributed by atoms with Crippen molar-refractivity contribution in [1.82, 2.24) is 0 Å². The lowest BCUT2D eigenvalue weighted by atomic mass is 9.98. The normalized spacial score (nSPS) is 10.9. The van der Waals surface area contributed by atoms with Crippen LogP contribution in [0.3, 0.4) is 0 Å². The van der Waals surface area contributed by atoms with Gasteiger partial charge >= 0.3 is 0 Å². The van der Waals surface area contributed by atoms with Crippen molar-refractivity contribution in [2.24, 2.45) is 0 Å². The van der Waals surface area contributed by atoms with Crippen molar-refractivity contribution in [3.8, 4) is 11.1 Å². The van der Waals surface area contributed by atoms with Crippen molar-refractivity contribution in [1.29, 1.82) is 0 Å². The molecule has 3 aromatic rings. The molecule has 0 fully saturated rings. The molecule has 0 aliphatic carbocycles. The summed E-state index contributed by atoms with van der Waals surface area (Å²) in [4.78, 5) is 0. The lowest BCUT2D eigenvalue weighted by Gasteiger charge is -2.07. The maximum Gasteiger partial charge on any atom is 0.126 e. The van der Waals surface area contributed by atoms with Crippen LogP contribution in [0.4, 0.5) is 8.78 Å². The summed E-state index contributed by atoms with van der Waals surface area (Å²) in [6, 6.07) is 21.0. The Balaban J connectivity index is 1.59. The van der Waals surface area contributed by atoms with Gasteiger partial charge in [0.2, 0.25) is 0 Å². The van der Waals surface area contributed by atoms with Crippen molar-refractivity contribution in [2.75, 3.05) is 0 Å². The molecule has 0 heterocycles. The van der Waals surface area contributed by atoms with Gasteiger partial charge in [-0.2, -0.15) is 0 Å². The molecule has 0 nitrogen and oxygen atoms in total. The average molecular weight is 364 g/mol. The van der Waals surface area contributed by atoms with Gasteiger partial charge in [0.05, 0.1) is 0 Å². The minimum Gasteiger partial charge on any atom is -0.207 e. The fourth-order valence-electron chi connectivity index (χ4n) is 3.35. The third-order valence-corrected chi connectivity index (χ3v) is 4.93. The number of aryl methyl sites for hydroxylation is 3. The Labute approximate surface area is 160 Å². The van der Waals surface area contributed by atoms with E-state index in [0.717, 1.165) is 18.9 Å². The van der Waals surface area contributed by atoms with Crippen molar-refractivity contribution >= 4 is 0 Å². The van der Waals surface area contributed by atoms with E-state index in [9.17, 15) is 8.78 Å². The zero-order valence-electron chi connectivity index (χ0n) is 15.8. The summed E-state index contributed by atoms with van der Waals surface area (Å²) in [6.45, 7) is 2.23. The molecule has 2 heteroatoms. The number of hydrogen-bond acceptors (Lipinski definition) is 0. The van der Waals surface area contributed by atoms with Crippen LogP contribution in [0.1, 0.15) is 42.9 Å². The molecule has 0 aliphatic rings. The van der Waals surface area contributed by atoms with Gasteiger partial charge in [-0.1, -0.05) is 68.3 Å². The molecule has 0 amide bonds. The third-order valence-electron chi connectivity index (χ3n) is 4.93. The van der Waals surface area contributed by atoms with E-state index < -0.39 is 11.6 Å². The topological polar surface area (TPSA) is 0 Å². The van der Waals surface area contributed by atoms with Gasteiger partial charge in [-0.05, 0) is 65.6 Å². The summed E-state index contributed by atoms with van der Waals surface area (Å²) in [7, 11) is 0. The highest BCUT2D eigenvalue weighted by atomic mass is 19.1. The molecule has 0 radical (unpaired) electrons. The van der Waals surface area contributed by atoms with Gasteiger partial charge in [0, 0.05) is 6.07 Å². The predicted octanol–water partition coefficient (Wildman–Crippen LogP) is 7.15. The first kappa shape index (κ1) is 19.3. The van der Waals surface area contributed by atoms with Crippen LogP contribution in [0, 0.1) is 11.6 Å². The molecule has 3 rings (SSSR count). The molecular weight excluding hydrogens is 338 g/mol. The van der Waals surface area contributed by atoms with Crippen LogP contribution < -0.4 is 0 Å². The largest absolute Gasteiger partial charge is 0.207 e. The Bertz CT molecular complexity index is 828. The zero-order valence-corrected chi connectivity index (χ0v) is 15.8. The van der Waals surface area contributed by atoms with E-state index in [1.54, 1.807) is 0 Å². The molecule has 0 unspecified atom stereocenters. The number of halogens is 2. The van der Waals surface area contributed by atoms with E-state index in [4.69, 9.17) is 0 Å². The second-order valence-corrected chi connectivity index (χ2v) is 7.13. The van der Waals surface area contributed by atoms with Gasteiger partial charge in [0.25, 0.3) is 0 Å². The molecule has 3 aromatic carbocycles. The first-order valence-corrected chi connectivity index (χ1v) is 9.77. The Hall–Kier alpha value is -2.48. The van der Waals surface area contributed by atoms with Crippen LogP contribution in [0.25, 0.3) is 11.1 Å². The number of unbranched alkanes of at least 4 members (excludes halogenated alkanes) is 2. The Kier molecular flexibility index (Phi) is 6.75. The van der Waals surface area contributed by atoms with E-state index in [-0.39, 0.29) is 0 Å². The molecular formula is C25H26F2. The zero-order chi connectivity index (χ0) is 19.1. The van der Waals surface area contributed by atoms with Crippen LogP contribution in [-0.2, 0) is 19.3 Å². The molecule has 0 bridgehead atoms. The minimum atomic E-state index is -0.515. The van der Waals surface area contributed by atoms with Crippen LogP contribution in [0.2, 0.25) is 0 Å². The first-order chi connectivity index (χ1) is 13.1. The number of benzene rings is 3. The molecule has 0 saturated carbocycles. The Morgan fingerprint density at radius 1 is 0.556 bits per heavy atom. The highest BCUT2D eigenvalue weighted by molar-refractivity contribution is 5.64. The van der Waals surface area contributed by atoms with Gasteiger partial charge < -0.3 is 0 Å². The van der Waals surface area contributed by atoms with E-state index in [1.165, 1.54) is 53.6 Å². The predicted molar refractivity (Wildman–Crippen MR) is 109 cm³/mol. The molecule has 0 saturated heterocycles. The first-order valence-electron chi connectivity index (χ1n) is 9.77. The van der Waals surface area contributed by atoms with Gasteiger partial charge in [0.1, 0.15) is 11.6 Å². The third kappa shape index (κ3) is 5.75. The molecule has 0 N–H and O–H groups in total. The van der Waals surface area contributed by atoms with Gasteiger partial charge in [0.15, 0.2) is 0 Å². The minimum absolute atomic E-state index is 0.515. The monoisotopic (exact) mass is 364 g/mol. The van der Waals surface area contributed by atoms with Crippen LogP contribution in [0.15, 0.2) is 66.7 Å². The summed E-state index contributed by atoms with van der Waals surface area (Å²) < 4.78 is 26.5. The smallest absolute Gasteiger partial charge is 0.126 e. The Morgan fingerprint density at radius 2 is 1.04 bits per heavy atom. The van der Waals surface area contributed by atoms with Crippen LogP contribution >= 0.6 is 0 Å². The average Bonchev–Trinajstić information content (AvgIpc) is 2.67. The fourth-order valence-corrected chi connectivity index (χ4v) is 3.35. The van der Waals surface area contributed by atoms with E-state index in [2.05, 4.69) is 55.5 Å². The summed E-state index contributed by atoms with van der Waals surface area (Å²) in [6.07, 6.45) is 6.32. The standard InChI is InChI=1S/C25H26F2/c1-2-3-4-5-19-8-12-22(13-9-19)23-14-10-20(11-15-23)6-7-21-16-24(26)18-25(27)17-21/h8-18H,2-7H2,1H3. The number of hydrogen-bond donors (Lipinski definition) is 0. The highest BCUT2D eigenvalue weighted by Gasteiger charge is 2.03. The fraction of sp³-hybridized carbons (Fsp3) is 0.280. The van der Waals surface area contributed by atoms with Gasteiger partial charge in [-0.3, -0.25) is 0 Å². The van der Waals surface area contributed by atoms with Gasteiger partial charge in [-0.25, -0.2) is 8.78 Å². The molecule has 0 aliphatic heterocycles. The van der Waals surface area contributed by atoms with E-state index in [1.807, 2.05) is 0 Å². The summed E-state index contributed by atoms with van der Waals surface area (Å²) in [5, 5.41) is 0. The second kappa shape index (κ2) is 9.45. The SMILES string of the molecule is CCCCCc1ccc(-c2ccc(CCc3cc(F)cc(F)c3)cc2)cc1. The molecule has 0 aromatic heterocycles. The summed E-state index contributed by atoms with van der Waals surface area (Å²) in [5.74, 6) is -1.03. The second-order valence-electron chi connectivity index (χ2n) is 7.13. The molecule has 27 heavy (non-hydrogen) atoms. The van der Waals surface area contributed by atoms with Crippen molar-refractivity contribution in [2.45, 2.75) is 45.4 Å². The van der Waals surface area contributed by atoms with Gasteiger partial charge in [-0.15, -0.1) is 0 Å². The molecule has 0 atom stereocenters. The quantitative estimate of drug-likeness (QED) is 0.372. The van der Waals surface area contributed by atoms with Crippen LogP contribution in [0.5, 0.6) is 0 Å². The molecule has 140 valence electrons. The molecule has 0 spiro atoms. The highest BCUT2D eigenvalue weighted by Crippen LogP contribution is 2.22. The summed E-state index contributed by atoms with van der Waals surface area (Å²) in [5.41, 5.74) is 5.66. The lowest BCUT2D eigenvalue weighted by molar-refractivity contribution is 0.579. The van der Waals surface area contributed by atoms with Crippen molar-refractivity contribution in [3.63, 3.8) is 0 Å². The Morgan fingerprint density at radius 3 is 1.56 bits per heavy atom.